The standard InChI is InChI=1S/C31H27N5O4/c1-19-8-7-15-35-25(19)32-26-23(27(35)37)18-31(24-22-12-6-5-11-21(22)14-17-34(24)26)28(38)33-30(40)36(29(31)39)16-13-20-9-3-2-4-10-20/h2-12,15,24H,13-14,16-18H2,1H3,(H,33,38,40)/t24-,31+/m1/s1. The lowest BCUT2D eigenvalue weighted by molar-refractivity contribution is -0.154. The van der Waals surface area contributed by atoms with E-state index in [2.05, 4.69) is 5.32 Å². The van der Waals surface area contributed by atoms with Gasteiger partial charge in [0.1, 0.15) is 11.5 Å². The van der Waals surface area contributed by atoms with Crippen LogP contribution in [0, 0.1) is 12.3 Å². The fraction of sp³-hybridized carbons (Fsp3) is 0.258. The molecule has 0 radical (unpaired) electrons. The summed E-state index contributed by atoms with van der Waals surface area (Å²) in [4.78, 5) is 63.5. The number of aryl methyl sites for hydroxylation is 1. The number of carbonyl (C=O) groups is 3. The number of nitrogens with one attached hydrogen (secondary N) is 1. The summed E-state index contributed by atoms with van der Waals surface area (Å²) in [5.41, 5.74) is 2.51. The average molecular weight is 534 g/mol. The Bertz CT molecular complexity index is 1780. The number of aromatic nitrogens is 2. The van der Waals surface area contributed by atoms with Crippen molar-refractivity contribution in [2.45, 2.75) is 32.2 Å². The molecule has 0 unspecified atom stereocenters. The van der Waals surface area contributed by atoms with Gasteiger partial charge in [-0.15, -0.1) is 0 Å². The van der Waals surface area contributed by atoms with Gasteiger partial charge in [0.2, 0.25) is 11.8 Å². The van der Waals surface area contributed by atoms with Gasteiger partial charge in [-0.05, 0) is 48.1 Å². The highest BCUT2D eigenvalue weighted by atomic mass is 16.2. The number of hydrogen-bond donors (Lipinski definition) is 1. The lowest BCUT2D eigenvalue weighted by Gasteiger charge is -2.53. The van der Waals surface area contributed by atoms with Crippen molar-refractivity contribution in [3.8, 4) is 0 Å². The Hall–Kier alpha value is -4.79. The zero-order valence-electron chi connectivity index (χ0n) is 22.0. The van der Waals surface area contributed by atoms with Crippen molar-refractivity contribution in [1.82, 2.24) is 19.6 Å². The maximum absolute atomic E-state index is 14.5. The summed E-state index contributed by atoms with van der Waals surface area (Å²) in [6, 6.07) is 19.6. The molecule has 2 aromatic carbocycles. The van der Waals surface area contributed by atoms with E-state index in [-0.39, 0.29) is 18.5 Å². The van der Waals surface area contributed by atoms with Crippen LogP contribution < -0.4 is 15.8 Å². The second-order valence-electron chi connectivity index (χ2n) is 10.7. The second kappa shape index (κ2) is 8.87. The van der Waals surface area contributed by atoms with Crippen LogP contribution in [-0.4, -0.2) is 45.2 Å². The van der Waals surface area contributed by atoms with Crippen LogP contribution in [0.15, 0.2) is 77.7 Å². The number of benzene rings is 2. The van der Waals surface area contributed by atoms with E-state index in [9.17, 15) is 19.2 Å². The summed E-state index contributed by atoms with van der Waals surface area (Å²) in [5, 5.41) is 2.49. The zero-order chi connectivity index (χ0) is 27.6. The van der Waals surface area contributed by atoms with Gasteiger partial charge in [0, 0.05) is 25.7 Å². The zero-order valence-corrected chi connectivity index (χ0v) is 22.0. The summed E-state index contributed by atoms with van der Waals surface area (Å²) in [7, 11) is 0. The van der Waals surface area contributed by atoms with Crippen molar-refractivity contribution in [3.63, 3.8) is 0 Å². The van der Waals surface area contributed by atoms with Crippen molar-refractivity contribution in [3.05, 3.63) is 111 Å². The highest BCUT2D eigenvalue weighted by Crippen LogP contribution is 2.52. The van der Waals surface area contributed by atoms with E-state index in [0.717, 1.165) is 27.2 Å². The quantitative estimate of drug-likeness (QED) is 0.406. The first-order valence-electron chi connectivity index (χ1n) is 13.5. The number of imide groups is 2. The summed E-state index contributed by atoms with van der Waals surface area (Å²) in [6.07, 6.45) is 2.62. The van der Waals surface area contributed by atoms with E-state index in [1.165, 1.54) is 4.40 Å². The molecule has 3 aliphatic rings. The summed E-state index contributed by atoms with van der Waals surface area (Å²) < 4.78 is 1.48. The number of barbiturate groups is 1. The molecule has 0 aliphatic carbocycles. The molecule has 1 fully saturated rings. The molecule has 1 N–H and O–H groups in total. The fourth-order valence-electron chi connectivity index (χ4n) is 6.61. The number of fused-ring (bicyclic) bond motifs is 7. The van der Waals surface area contributed by atoms with Crippen LogP contribution in [-0.2, 0) is 28.9 Å². The molecule has 1 spiro atoms. The Labute approximate surface area is 230 Å². The van der Waals surface area contributed by atoms with Gasteiger partial charge in [-0.2, -0.15) is 0 Å². The molecule has 5 heterocycles. The molecular formula is C31H27N5O4. The van der Waals surface area contributed by atoms with Gasteiger partial charge < -0.3 is 4.90 Å². The van der Waals surface area contributed by atoms with Gasteiger partial charge in [-0.1, -0.05) is 60.7 Å². The van der Waals surface area contributed by atoms with Crippen molar-refractivity contribution < 1.29 is 14.4 Å². The van der Waals surface area contributed by atoms with Crippen LogP contribution in [0.1, 0.15) is 33.9 Å². The summed E-state index contributed by atoms with van der Waals surface area (Å²) in [6.45, 7) is 2.48. The van der Waals surface area contributed by atoms with E-state index >= 15 is 0 Å². The fourth-order valence-corrected chi connectivity index (χ4v) is 6.61. The van der Waals surface area contributed by atoms with Crippen LogP contribution in [0.3, 0.4) is 0 Å². The van der Waals surface area contributed by atoms with Crippen molar-refractivity contribution in [2.24, 2.45) is 5.41 Å². The number of urea groups is 1. The molecule has 0 saturated carbocycles. The monoisotopic (exact) mass is 533 g/mol. The van der Waals surface area contributed by atoms with Crippen molar-refractivity contribution in [1.29, 1.82) is 0 Å². The molecule has 9 heteroatoms. The van der Waals surface area contributed by atoms with Crippen LogP contribution in [0.25, 0.3) is 5.65 Å². The molecule has 200 valence electrons. The molecule has 2 aromatic heterocycles. The summed E-state index contributed by atoms with van der Waals surface area (Å²) in [5.74, 6) is -0.759. The lowest BCUT2D eigenvalue weighted by atomic mass is 9.65. The molecule has 4 aromatic rings. The normalized spacial score (nSPS) is 21.7. The van der Waals surface area contributed by atoms with Gasteiger partial charge >= 0.3 is 6.03 Å². The Morgan fingerprint density at radius 3 is 2.58 bits per heavy atom. The first kappa shape index (κ1) is 24.3. The van der Waals surface area contributed by atoms with E-state index in [1.54, 1.807) is 12.3 Å². The van der Waals surface area contributed by atoms with Gasteiger partial charge in [0.05, 0.1) is 11.6 Å². The number of anilines is 1. The lowest BCUT2D eigenvalue weighted by Crippen LogP contribution is -2.70. The Balaban J connectivity index is 1.43. The predicted molar refractivity (Wildman–Crippen MR) is 148 cm³/mol. The Kier molecular flexibility index (Phi) is 5.38. The number of amides is 4. The van der Waals surface area contributed by atoms with E-state index < -0.39 is 29.3 Å². The van der Waals surface area contributed by atoms with Gasteiger partial charge in [-0.3, -0.25) is 29.0 Å². The minimum absolute atomic E-state index is 0.110. The third-order valence-electron chi connectivity index (χ3n) is 8.56. The van der Waals surface area contributed by atoms with Crippen LogP contribution >= 0.6 is 0 Å². The number of rotatable bonds is 3. The number of nitrogens with zero attached hydrogens (tertiary/aromatic N) is 4. The first-order chi connectivity index (χ1) is 19.4. The second-order valence-corrected chi connectivity index (χ2v) is 10.7. The highest BCUT2D eigenvalue weighted by Gasteiger charge is 2.64. The van der Waals surface area contributed by atoms with E-state index in [0.29, 0.717) is 36.4 Å². The van der Waals surface area contributed by atoms with Crippen LogP contribution in [0.4, 0.5) is 10.6 Å². The molecule has 0 bridgehead atoms. The largest absolute Gasteiger partial charge is 0.347 e. The maximum Gasteiger partial charge on any atom is 0.330 e. The molecule has 9 nitrogen and oxygen atoms in total. The van der Waals surface area contributed by atoms with Gasteiger partial charge in [0.25, 0.3) is 5.56 Å². The smallest absolute Gasteiger partial charge is 0.330 e. The van der Waals surface area contributed by atoms with Crippen molar-refractivity contribution in [2.75, 3.05) is 18.0 Å². The topological polar surface area (TPSA) is 104 Å². The molecule has 2 atom stereocenters. The molecule has 40 heavy (non-hydrogen) atoms. The van der Waals surface area contributed by atoms with E-state index in [1.807, 2.05) is 72.5 Å². The Morgan fingerprint density at radius 1 is 0.975 bits per heavy atom. The molecule has 3 aliphatic heterocycles. The van der Waals surface area contributed by atoms with E-state index in [4.69, 9.17) is 4.98 Å². The number of carbonyl (C=O) groups excluding carboxylic acids is 3. The Morgan fingerprint density at radius 2 is 1.75 bits per heavy atom. The van der Waals surface area contributed by atoms with Gasteiger partial charge in [-0.25, -0.2) is 9.78 Å². The molecular weight excluding hydrogens is 506 g/mol. The average Bonchev–Trinajstić information content (AvgIpc) is 2.97. The number of pyridine rings is 1. The highest BCUT2D eigenvalue weighted by molar-refractivity contribution is 6.20. The summed E-state index contributed by atoms with van der Waals surface area (Å²) >= 11 is 0. The maximum atomic E-state index is 14.5. The van der Waals surface area contributed by atoms with Crippen LogP contribution in [0.5, 0.6) is 0 Å². The minimum atomic E-state index is -1.72. The third kappa shape index (κ3) is 3.36. The predicted octanol–water partition coefficient (Wildman–Crippen LogP) is 2.97. The van der Waals surface area contributed by atoms with Crippen molar-refractivity contribution >= 4 is 29.3 Å². The SMILES string of the molecule is Cc1cccn2c(=O)c3c(nc12)N1CCc2ccccc2[C@@H]1[C@@]1(C3)C(=O)NC(=O)N(CCc2ccccc2)C1=O. The molecule has 7 rings (SSSR count). The third-order valence-corrected chi connectivity index (χ3v) is 8.56. The minimum Gasteiger partial charge on any atom is -0.347 e. The van der Waals surface area contributed by atoms with Crippen LogP contribution in [0.2, 0.25) is 0 Å². The molecule has 1 saturated heterocycles. The first-order valence-corrected chi connectivity index (χ1v) is 13.5. The van der Waals surface area contributed by atoms with Gasteiger partial charge in [0.15, 0.2) is 5.41 Å². The molecule has 4 amide bonds. The number of hydrogen-bond acceptors (Lipinski definition) is 6.